The van der Waals surface area contributed by atoms with Gasteiger partial charge in [-0.05, 0) is 37.1 Å². The second kappa shape index (κ2) is 5.70. The van der Waals surface area contributed by atoms with Crippen LogP contribution in [0.3, 0.4) is 0 Å². The Morgan fingerprint density at radius 3 is 2.62 bits per heavy atom. The Kier molecular flexibility index (Phi) is 3.92. The van der Waals surface area contributed by atoms with Crippen LogP contribution >= 0.6 is 23.2 Å². The Morgan fingerprint density at radius 1 is 1.14 bits per heavy atom. The van der Waals surface area contributed by atoms with Crippen LogP contribution in [0, 0.1) is 6.92 Å². The Bertz CT molecular complexity index is 793. The van der Waals surface area contributed by atoms with Crippen molar-refractivity contribution in [3.63, 3.8) is 0 Å². The first-order chi connectivity index (χ1) is 10.1. The van der Waals surface area contributed by atoms with Crippen LogP contribution in [0.4, 0.5) is 0 Å². The van der Waals surface area contributed by atoms with Crippen molar-refractivity contribution >= 4 is 34.2 Å². The number of halogens is 2. The number of aryl methyl sites for hydroxylation is 1. The van der Waals surface area contributed by atoms with Crippen molar-refractivity contribution in [1.82, 2.24) is 9.55 Å². The van der Waals surface area contributed by atoms with E-state index in [-0.39, 0.29) is 6.04 Å². The van der Waals surface area contributed by atoms with Crippen molar-refractivity contribution in [2.45, 2.75) is 25.8 Å². The summed E-state index contributed by atoms with van der Waals surface area (Å²) in [7, 11) is 0. The summed E-state index contributed by atoms with van der Waals surface area (Å²) in [6, 6.07) is 14.4. The fourth-order valence-electron chi connectivity index (χ4n) is 2.85. The van der Waals surface area contributed by atoms with Gasteiger partial charge in [-0.3, -0.25) is 0 Å². The number of nitrogens with zero attached hydrogens (tertiary/aromatic N) is 2. The van der Waals surface area contributed by atoms with Crippen LogP contribution in [0.15, 0.2) is 42.5 Å². The molecule has 3 aromatic rings. The molecule has 1 heterocycles. The molecule has 2 nitrogen and oxygen atoms in total. The first kappa shape index (κ1) is 14.4. The molecule has 0 aliphatic carbocycles. The molecule has 0 saturated carbocycles. The third kappa shape index (κ3) is 2.43. The number of fused-ring (bicyclic) bond motifs is 1. The molecule has 0 aliphatic rings. The standard InChI is InChI=1S/C17H16Cl2N2/c1-11-6-3-4-7-13(11)12(2)21-15-9-5-8-14(19)17(15)20-16(21)10-18/h3-9,12H,10H2,1-2H3. The molecular weight excluding hydrogens is 303 g/mol. The van der Waals surface area contributed by atoms with Gasteiger partial charge in [0.1, 0.15) is 11.3 Å². The molecule has 0 bridgehead atoms. The molecule has 21 heavy (non-hydrogen) atoms. The monoisotopic (exact) mass is 318 g/mol. The van der Waals surface area contributed by atoms with Crippen molar-refractivity contribution < 1.29 is 0 Å². The van der Waals surface area contributed by atoms with Crippen LogP contribution in [0.5, 0.6) is 0 Å². The third-order valence-corrected chi connectivity index (χ3v) is 4.43. The molecule has 0 amide bonds. The molecular formula is C17H16Cl2N2. The summed E-state index contributed by atoms with van der Waals surface area (Å²) in [6.07, 6.45) is 0. The van der Waals surface area contributed by atoms with Crippen molar-refractivity contribution in [2.75, 3.05) is 0 Å². The Balaban J connectivity index is 2.24. The summed E-state index contributed by atoms with van der Waals surface area (Å²) < 4.78 is 2.18. The van der Waals surface area contributed by atoms with E-state index in [1.165, 1.54) is 11.1 Å². The van der Waals surface area contributed by atoms with E-state index in [0.29, 0.717) is 10.9 Å². The topological polar surface area (TPSA) is 17.8 Å². The molecule has 1 unspecified atom stereocenters. The maximum atomic E-state index is 6.26. The van der Waals surface area contributed by atoms with Gasteiger partial charge in [0.25, 0.3) is 0 Å². The normalized spacial score (nSPS) is 12.8. The highest BCUT2D eigenvalue weighted by atomic mass is 35.5. The Morgan fingerprint density at radius 2 is 1.90 bits per heavy atom. The first-order valence-corrected chi connectivity index (χ1v) is 7.81. The van der Waals surface area contributed by atoms with E-state index in [1.54, 1.807) is 0 Å². The Hall–Kier alpha value is -1.51. The fraction of sp³-hybridized carbons (Fsp3) is 0.235. The molecule has 0 aliphatic heterocycles. The largest absolute Gasteiger partial charge is 0.320 e. The molecule has 0 fully saturated rings. The lowest BCUT2D eigenvalue weighted by atomic mass is 10.0. The molecule has 108 valence electrons. The summed E-state index contributed by atoms with van der Waals surface area (Å²) in [6.45, 7) is 4.29. The molecule has 0 saturated heterocycles. The molecule has 4 heteroatoms. The van der Waals surface area contributed by atoms with E-state index >= 15 is 0 Å². The average Bonchev–Trinajstić information content (AvgIpc) is 2.87. The van der Waals surface area contributed by atoms with Gasteiger partial charge in [0.05, 0.1) is 22.5 Å². The van der Waals surface area contributed by atoms with E-state index in [0.717, 1.165) is 16.9 Å². The fourth-order valence-corrected chi connectivity index (χ4v) is 3.25. The number of hydrogen-bond donors (Lipinski definition) is 0. The maximum absolute atomic E-state index is 6.26. The zero-order valence-electron chi connectivity index (χ0n) is 12.0. The minimum Gasteiger partial charge on any atom is -0.320 e. The predicted octanol–water partition coefficient (Wildman–Crippen LogP) is 5.35. The zero-order chi connectivity index (χ0) is 15.0. The molecule has 0 N–H and O–H groups in total. The summed E-state index contributed by atoms with van der Waals surface area (Å²) in [5, 5.41) is 0.662. The van der Waals surface area contributed by atoms with Gasteiger partial charge in [0.15, 0.2) is 0 Å². The third-order valence-electron chi connectivity index (χ3n) is 3.89. The van der Waals surface area contributed by atoms with Crippen LogP contribution in [-0.4, -0.2) is 9.55 Å². The molecule has 3 rings (SSSR count). The van der Waals surface area contributed by atoms with Gasteiger partial charge in [-0.2, -0.15) is 0 Å². The van der Waals surface area contributed by atoms with Crippen molar-refractivity contribution in [3.05, 3.63) is 64.4 Å². The van der Waals surface area contributed by atoms with Gasteiger partial charge in [-0.25, -0.2) is 4.98 Å². The quantitative estimate of drug-likeness (QED) is 0.595. The van der Waals surface area contributed by atoms with E-state index in [9.17, 15) is 0 Å². The Labute approximate surface area is 134 Å². The maximum Gasteiger partial charge on any atom is 0.125 e. The van der Waals surface area contributed by atoms with Crippen LogP contribution in [0.2, 0.25) is 5.02 Å². The van der Waals surface area contributed by atoms with Crippen LogP contribution < -0.4 is 0 Å². The lowest BCUT2D eigenvalue weighted by Gasteiger charge is -2.19. The summed E-state index contributed by atoms with van der Waals surface area (Å²) in [5.74, 6) is 1.21. The summed E-state index contributed by atoms with van der Waals surface area (Å²) >= 11 is 12.4. The second-order valence-electron chi connectivity index (χ2n) is 5.17. The van der Waals surface area contributed by atoms with Gasteiger partial charge in [-0.15, -0.1) is 11.6 Å². The number of rotatable bonds is 3. The lowest BCUT2D eigenvalue weighted by molar-refractivity contribution is 0.630. The van der Waals surface area contributed by atoms with Gasteiger partial charge >= 0.3 is 0 Å². The summed E-state index contributed by atoms with van der Waals surface area (Å²) in [5.41, 5.74) is 4.36. The molecule has 1 atom stereocenters. The van der Waals surface area contributed by atoms with Crippen molar-refractivity contribution in [2.24, 2.45) is 0 Å². The number of benzene rings is 2. The summed E-state index contributed by atoms with van der Waals surface area (Å²) in [4.78, 5) is 4.61. The lowest BCUT2D eigenvalue weighted by Crippen LogP contribution is -2.11. The minimum absolute atomic E-state index is 0.156. The van der Waals surface area contributed by atoms with Gasteiger partial charge in [0, 0.05) is 0 Å². The number of para-hydroxylation sites is 1. The van der Waals surface area contributed by atoms with Crippen LogP contribution in [0.25, 0.3) is 11.0 Å². The van der Waals surface area contributed by atoms with E-state index in [1.807, 2.05) is 18.2 Å². The molecule has 0 spiro atoms. The second-order valence-corrected chi connectivity index (χ2v) is 5.85. The van der Waals surface area contributed by atoms with E-state index < -0.39 is 0 Å². The smallest absolute Gasteiger partial charge is 0.125 e. The van der Waals surface area contributed by atoms with Crippen LogP contribution in [-0.2, 0) is 5.88 Å². The number of imidazole rings is 1. The highest BCUT2D eigenvalue weighted by Crippen LogP contribution is 2.31. The number of alkyl halides is 1. The SMILES string of the molecule is Cc1ccccc1C(C)n1c(CCl)nc2c(Cl)cccc21. The van der Waals surface area contributed by atoms with E-state index in [2.05, 4.69) is 47.7 Å². The number of aromatic nitrogens is 2. The van der Waals surface area contributed by atoms with Gasteiger partial charge in [-0.1, -0.05) is 41.9 Å². The van der Waals surface area contributed by atoms with Crippen LogP contribution in [0.1, 0.15) is 29.9 Å². The average molecular weight is 319 g/mol. The molecule has 1 aromatic heterocycles. The zero-order valence-corrected chi connectivity index (χ0v) is 13.5. The molecule has 2 aromatic carbocycles. The molecule has 0 radical (unpaired) electrons. The van der Waals surface area contributed by atoms with Crippen molar-refractivity contribution in [3.8, 4) is 0 Å². The van der Waals surface area contributed by atoms with Crippen molar-refractivity contribution in [1.29, 1.82) is 0 Å². The van der Waals surface area contributed by atoms with E-state index in [4.69, 9.17) is 23.2 Å². The minimum atomic E-state index is 0.156. The van der Waals surface area contributed by atoms with Gasteiger partial charge in [0.2, 0.25) is 0 Å². The number of hydrogen-bond acceptors (Lipinski definition) is 1. The highest BCUT2D eigenvalue weighted by Gasteiger charge is 2.18. The predicted molar refractivity (Wildman–Crippen MR) is 89.3 cm³/mol. The first-order valence-electron chi connectivity index (χ1n) is 6.90. The van der Waals surface area contributed by atoms with Gasteiger partial charge < -0.3 is 4.57 Å². The highest BCUT2D eigenvalue weighted by molar-refractivity contribution is 6.35.